The number of aliphatic carboxylic acids is 1. The third kappa shape index (κ3) is 4.39. The largest absolute Gasteiger partial charge is 0.497 e. The van der Waals surface area contributed by atoms with Gasteiger partial charge in [0.1, 0.15) is 17.3 Å². The molecule has 1 aliphatic heterocycles. The highest BCUT2D eigenvalue weighted by atomic mass is 19.1. The Bertz CT molecular complexity index is 1200. The van der Waals surface area contributed by atoms with Crippen molar-refractivity contribution in [2.45, 2.75) is 38.0 Å². The summed E-state index contributed by atoms with van der Waals surface area (Å²) in [6.07, 6.45) is 3.02. The van der Waals surface area contributed by atoms with Crippen molar-refractivity contribution in [3.63, 3.8) is 0 Å². The smallest absolute Gasteiger partial charge is 0.306 e. The fourth-order valence-electron chi connectivity index (χ4n) is 5.20. The number of fused-ring (bicyclic) bond motifs is 1. The van der Waals surface area contributed by atoms with E-state index in [1.807, 2.05) is 43.3 Å². The van der Waals surface area contributed by atoms with Crippen molar-refractivity contribution in [1.82, 2.24) is 0 Å². The normalized spacial score (nSPS) is 19.0. The number of carboxylic acid groups (broad SMARTS) is 1. The molecule has 0 saturated heterocycles. The minimum Gasteiger partial charge on any atom is -0.497 e. The number of carbonyl (C=O) groups is 1. The summed E-state index contributed by atoms with van der Waals surface area (Å²) in [7, 11) is 1.57. The third-order valence-corrected chi connectivity index (χ3v) is 7.30. The van der Waals surface area contributed by atoms with Crippen molar-refractivity contribution < 1.29 is 23.8 Å². The number of rotatable bonds is 7. The Balaban J connectivity index is 1.37. The summed E-state index contributed by atoms with van der Waals surface area (Å²) in [5.74, 6) is 0.754. The number of hydrogen-bond donors (Lipinski definition) is 1. The Labute approximate surface area is 199 Å². The molecule has 1 fully saturated rings. The van der Waals surface area contributed by atoms with Gasteiger partial charge in [0.2, 0.25) is 0 Å². The van der Waals surface area contributed by atoms with E-state index in [-0.39, 0.29) is 17.7 Å². The third-order valence-electron chi connectivity index (χ3n) is 7.30. The first kappa shape index (κ1) is 22.5. The van der Waals surface area contributed by atoms with Gasteiger partial charge in [0.05, 0.1) is 19.6 Å². The van der Waals surface area contributed by atoms with Crippen molar-refractivity contribution in [3.8, 4) is 22.6 Å². The molecular weight excluding hydrogens is 431 g/mol. The summed E-state index contributed by atoms with van der Waals surface area (Å²) < 4.78 is 25.7. The lowest BCUT2D eigenvalue weighted by atomic mass is 9.81. The standard InChI is InChI=1S/C29H29FO4/c1-17(29(31)32)28(20-7-8-20)21-9-12-27-22(13-21)14-23(16-34-27)18-3-5-19(6-4-18)25-15-24(33-2)10-11-26(25)30/h3-6,9-13,15,17,20,23,28H,7-8,14,16H2,1-2H3,(H,31,32)/t17-,23?,28-/m1/s1. The summed E-state index contributed by atoms with van der Waals surface area (Å²) in [6.45, 7) is 2.40. The fraction of sp³-hybridized carbons (Fsp3) is 0.345. The second-order valence-corrected chi connectivity index (χ2v) is 9.54. The highest BCUT2D eigenvalue weighted by Gasteiger charge is 2.39. The zero-order chi connectivity index (χ0) is 23.8. The molecule has 34 heavy (non-hydrogen) atoms. The molecule has 176 valence electrons. The van der Waals surface area contributed by atoms with E-state index in [0.29, 0.717) is 23.8 Å². The molecule has 1 aliphatic carbocycles. The van der Waals surface area contributed by atoms with Gasteiger partial charge in [0.25, 0.3) is 0 Å². The zero-order valence-electron chi connectivity index (χ0n) is 19.5. The minimum absolute atomic E-state index is 0.0419. The monoisotopic (exact) mass is 460 g/mol. The first-order chi connectivity index (χ1) is 16.4. The van der Waals surface area contributed by atoms with Crippen LogP contribution in [0, 0.1) is 17.7 Å². The number of ether oxygens (including phenoxy) is 2. The predicted molar refractivity (Wildman–Crippen MR) is 129 cm³/mol. The van der Waals surface area contributed by atoms with E-state index in [1.165, 1.54) is 6.07 Å². The van der Waals surface area contributed by atoms with Crippen LogP contribution in [0.2, 0.25) is 0 Å². The molecule has 3 aromatic carbocycles. The second-order valence-electron chi connectivity index (χ2n) is 9.54. The Morgan fingerprint density at radius 3 is 2.53 bits per heavy atom. The molecule has 0 amide bonds. The van der Waals surface area contributed by atoms with Gasteiger partial charge >= 0.3 is 5.97 Å². The molecule has 3 atom stereocenters. The average Bonchev–Trinajstić information content (AvgIpc) is 3.69. The molecule has 1 saturated carbocycles. The molecule has 5 rings (SSSR count). The Hall–Kier alpha value is -3.34. The zero-order valence-corrected chi connectivity index (χ0v) is 19.5. The second kappa shape index (κ2) is 9.13. The van der Waals surface area contributed by atoms with Gasteiger partial charge < -0.3 is 14.6 Å². The summed E-state index contributed by atoms with van der Waals surface area (Å²) in [4.78, 5) is 11.7. The van der Waals surface area contributed by atoms with E-state index in [1.54, 1.807) is 19.2 Å². The molecule has 0 bridgehead atoms. The molecule has 1 unspecified atom stereocenters. The van der Waals surface area contributed by atoms with E-state index >= 15 is 0 Å². The number of carboxylic acids is 1. The molecule has 1 N–H and O–H groups in total. The lowest BCUT2D eigenvalue weighted by Crippen LogP contribution is -2.22. The van der Waals surface area contributed by atoms with Crippen LogP contribution in [0.4, 0.5) is 4.39 Å². The van der Waals surface area contributed by atoms with Crippen LogP contribution in [0.15, 0.2) is 60.7 Å². The van der Waals surface area contributed by atoms with Gasteiger partial charge in [-0.3, -0.25) is 4.79 Å². The van der Waals surface area contributed by atoms with Crippen LogP contribution < -0.4 is 9.47 Å². The highest BCUT2D eigenvalue weighted by Crippen LogP contribution is 2.48. The van der Waals surface area contributed by atoms with Crippen molar-refractivity contribution in [3.05, 3.63) is 83.2 Å². The van der Waals surface area contributed by atoms with Gasteiger partial charge in [-0.1, -0.05) is 43.3 Å². The van der Waals surface area contributed by atoms with E-state index in [0.717, 1.165) is 47.3 Å². The van der Waals surface area contributed by atoms with Crippen LogP contribution >= 0.6 is 0 Å². The summed E-state index contributed by atoms with van der Waals surface area (Å²) >= 11 is 0. The molecule has 0 spiro atoms. The lowest BCUT2D eigenvalue weighted by molar-refractivity contribution is -0.142. The molecule has 2 aliphatic rings. The Morgan fingerprint density at radius 1 is 1.09 bits per heavy atom. The summed E-state index contributed by atoms with van der Waals surface area (Å²) in [5, 5.41) is 9.62. The van der Waals surface area contributed by atoms with Crippen molar-refractivity contribution in [2.24, 2.45) is 11.8 Å². The van der Waals surface area contributed by atoms with E-state index in [9.17, 15) is 14.3 Å². The SMILES string of the molecule is COc1ccc(F)c(-c2ccc(C3COc4ccc([C@@H](C5CC5)[C@@H](C)C(=O)O)cc4C3)cc2)c1. The first-order valence-corrected chi connectivity index (χ1v) is 11.9. The van der Waals surface area contributed by atoms with E-state index in [2.05, 4.69) is 6.07 Å². The van der Waals surface area contributed by atoms with Crippen LogP contribution in [0.5, 0.6) is 11.5 Å². The van der Waals surface area contributed by atoms with Crippen molar-refractivity contribution >= 4 is 5.97 Å². The Kier molecular flexibility index (Phi) is 6.03. The van der Waals surface area contributed by atoms with Gasteiger partial charge in [0, 0.05) is 11.5 Å². The van der Waals surface area contributed by atoms with Crippen LogP contribution in [-0.2, 0) is 11.2 Å². The lowest BCUT2D eigenvalue weighted by Gasteiger charge is -2.28. The molecular formula is C29H29FO4. The maximum atomic E-state index is 14.4. The molecule has 4 nitrogen and oxygen atoms in total. The van der Waals surface area contributed by atoms with Gasteiger partial charge in [-0.05, 0) is 77.6 Å². The molecule has 5 heteroatoms. The number of hydrogen-bond acceptors (Lipinski definition) is 3. The van der Waals surface area contributed by atoms with Gasteiger partial charge in [-0.25, -0.2) is 4.39 Å². The van der Waals surface area contributed by atoms with E-state index < -0.39 is 11.9 Å². The maximum absolute atomic E-state index is 14.4. The van der Waals surface area contributed by atoms with E-state index in [4.69, 9.17) is 9.47 Å². The number of methoxy groups -OCH3 is 1. The van der Waals surface area contributed by atoms with Crippen LogP contribution in [0.1, 0.15) is 48.3 Å². The number of halogens is 1. The van der Waals surface area contributed by atoms with Gasteiger partial charge in [0.15, 0.2) is 0 Å². The van der Waals surface area contributed by atoms with Gasteiger partial charge in [-0.15, -0.1) is 0 Å². The summed E-state index contributed by atoms with van der Waals surface area (Å²) in [6, 6.07) is 18.9. The predicted octanol–water partition coefficient (Wildman–Crippen LogP) is 6.43. The molecule has 0 aromatic heterocycles. The maximum Gasteiger partial charge on any atom is 0.306 e. The average molecular weight is 461 g/mol. The topological polar surface area (TPSA) is 55.8 Å². The Morgan fingerprint density at radius 2 is 1.85 bits per heavy atom. The van der Waals surface area contributed by atoms with Crippen molar-refractivity contribution in [2.75, 3.05) is 13.7 Å². The van der Waals surface area contributed by atoms with Crippen LogP contribution in [0.3, 0.4) is 0 Å². The van der Waals surface area contributed by atoms with Crippen LogP contribution in [-0.4, -0.2) is 24.8 Å². The molecule has 3 aromatic rings. The van der Waals surface area contributed by atoms with Gasteiger partial charge in [-0.2, -0.15) is 0 Å². The molecule has 1 heterocycles. The first-order valence-electron chi connectivity index (χ1n) is 11.9. The summed E-state index contributed by atoms with van der Waals surface area (Å²) in [5.41, 5.74) is 4.68. The quantitative estimate of drug-likeness (QED) is 0.441. The van der Waals surface area contributed by atoms with Crippen molar-refractivity contribution in [1.29, 1.82) is 0 Å². The fourth-order valence-corrected chi connectivity index (χ4v) is 5.20. The number of benzene rings is 3. The molecule has 0 radical (unpaired) electrons. The highest BCUT2D eigenvalue weighted by molar-refractivity contribution is 5.71. The minimum atomic E-state index is -0.740. The van der Waals surface area contributed by atoms with Crippen LogP contribution in [0.25, 0.3) is 11.1 Å².